The Kier molecular flexibility index (Phi) is 8.62. The molecule has 0 N–H and O–H groups in total. The van der Waals surface area contributed by atoms with E-state index in [-0.39, 0.29) is 6.04 Å². The Balaban J connectivity index is 0.937. The highest BCUT2D eigenvalue weighted by molar-refractivity contribution is 5.98. The Hall–Kier alpha value is -8.92. The van der Waals surface area contributed by atoms with Gasteiger partial charge in [-0.15, -0.1) is 0 Å². The Morgan fingerprint density at radius 2 is 0.930 bits per heavy atom. The van der Waals surface area contributed by atoms with Crippen LogP contribution >= 0.6 is 0 Å². The van der Waals surface area contributed by atoms with Crippen molar-refractivity contribution >= 4 is 16.9 Å². The average Bonchev–Trinajstić information content (AvgIpc) is 4.04. The molecule has 334 valence electrons. The summed E-state index contributed by atoms with van der Waals surface area (Å²) in [5, 5.41) is 0. The second-order valence-corrected chi connectivity index (χ2v) is 19.3. The Morgan fingerprint density at radius 3 is 1.55 bits per heavy atom. The minimum absolute atomic E-state index is 0.0550. The van der Waals surface area contributed by atoms with Gasteiger partial charge in [-0.25, -0.2) is 0 Å². The number of rotatable bonds is 6. The summed E-state index contributed by atoms with van der Waals surface area (Å²) in [5.41, 5.74) is 20.7. The summed E-state index contributed by atoms with van der Waals surface area (Å²) in [7, 11) is 0. The minimum atomic E-state index is -0.561. The van der Waals surface area contributed by atoms with Crippen LogP contribution in [-0.4, -0.2) is 6.04 Å². The highest BCUT2D eigenvalue weighted by Crippen LogP contribution is 2.67. The van der Waals surface area contributed by atoms with Crippen molar-refractivity contribution in [3.05, 3.63) is 305 Å². The maximum atomic E-state index is 7.59. The van der Waals surface area contributed by atoms with E-state index < -0.39 is 10.8 Å². The average molecular weight is 908 g/mol. The normalized spacial score (nSPS) is 16.2. The number of ether oxygens (including phenoxy) is 2. The van der Waals surface area contributed by atoms with Gasteiger partial charge in [0.05, 0.1) is 22.6 Å². The molecule has 10 aromatic rings. The summed E-state index contributed by atoms with van der Waals surface area (Å²) in [5.74, 6) is 2.85. The van der Waals surface area contributed by atoms with Gasteiger partial charge in [0.2, 0.25) is 0 Å². The third-order valence-corrected chi connectivity index (χ3v) is 16.0. The molecular weight excluding hydrogens is 863 g/mol. The summed E-state index contributed by atoms with van der Waals surface area (Å²) >= 11 is 0. The molecule has 0 saturated heterocycles. The molecule has 0 radical (unpaired) electrons. The van der Waals surface area contributed by atoms with E-state index in [0.29, 0.717) is 17.2 Å². The maximum Gasteiger partial charge on any atom is 0.193 e. The van der Waals surface area contributed by atoms with Crippen molar-refractivity contribution in [3.63, 3.8) is 0 Å². The molecule has 10 aromatic carbocycles. The molecule has 4 aliphatic carbocycles. The molecule has 0 amide bonds. The van der Waals surface area contributed by atoms with Crippen LogP contribution in [0.4, 0.5) is 11.4 Å². The molecular formula is C68H45NO2. The number of benzene rings is 10. The van der Waals surface area contributed by atoms with Gasteiger partial charge in [0.15, 0.2) is 23.0 Å². The zero-order valence-corrected chi connectivity index (χ0v) is 38.8. The van der Waals surface area contributed by atoms with Crippen LogP contribution in [0.2, 0.25) is 0 Å². The Bertz CT molecular complexity index is 3780. The predicted molar refractivity (Wildman–Crippen MR) is 287 cm³/mol. The lowest BCUT2D eigenvalue weighted by Crippen LogP contribution is -2.32. The lowest BCUT2D eigenvalue weighted by molar-refractivity contribution is 0.360. The van der Waals surface area contributed by atoms with Gasteiger partial charge in [-0.3, -0.25) is 0 Å². The van der Waals surface area contributed by atoms with E-state index in [1.807, 2.05) is 6.07 Å². The van der Waals surface area contributed by atoms with Gasteiger partial charge < -0.3 is 14.4 Å². The van der Waals surface area contributed by atoms with E-state index in [2.05, 4.69) is 254 Å². The number of hydrogen-bond donors (Lipinski definition) is 0. The Morgan fingerprint density at radius 1 is 0.394 bits per heavy atom. The monoisotopic (exact) mass is 907 g/mol. The molecule has 0 aromatic heterocycles. The van der Waals surface area contributed by atoms with Crippen molar-refractivity contribution in [3.8, 4) is 56.4 Å². The Labute approximate surface area is 413 Å². The number of fused-ring (bicyclic) bond motifs is 16. The van der Waals surface area contributed by atoms with Gasteiger partial charge in [-0.05, 0) is 120 Å². The molecule has 71 heavy (non-hydrogen) atoms. The van der Waals surface area contributed by atoms with Crippen LogP contribution in [-0.2, 0) is 10.8 Å². The molecule has 3 heteroatoms. The van der Waals surface area contributed by atoms with Gasteiger partial charge in [0.1, 0.15) is 0 Å². The fourth-order valence-electron chi connectivity index (χ4n) is 13.1. The highest BCUT2D eigenvalue weighted by atomic mass is 16.6. The van der Waals surface area contributed by atoms with Crippen LogP contribution in [0.25, 0.3) is 39.0 Å². The number of nitrogens with zero attached hydrogens (tertiary/aromatic N) is 1. The van der Waals surface area contributed by atoms with Gasteiger partial charge in [0.25, 0.3) is 0 Å². The molecule has 0 fully saturated rings. The molecule has 0 saturated carbocycles. The third-order valence-electron chi connectivity index (χ3n) is 16.0. The fraction of sp³-hybridized carbons (Fsp3) is 0.0588. The summed E-state index contributed by atoms with van der Waals surface area (Å²) in [4.78, 5) is 2.49. The van der Waals surface area contributed by atoms with E-state index in [1.54, 1.807) is 0 Å². The number of anilines is 2. The highest BCUT2D eigenvalue weighted by Gasteiger charge is 2.53. The quantitative estimate of drug-likeness (QED) is 0.166. The summed E-state index contributed by atoms with van der Waals surface area (Å²) in [6.45, 7) is 0. The van der Waals surface area contributed by atoms with Gasteiger partial charge in [-0.1, -0.05) is 224 Å². The van der Waals surface area contributed by atoms with Crippen LogP contribution in [0.3, 0.4) is 0 Å². The molecule has 15 rings (SSSR count). The van der Waals surface area contributed by atoms with Crippen molar-refractivity contribution in [2.24, 2.45) is 0 Å². The van der Waals surface area contributed by atoms with E-state index >= 15 is 0 Å². The first kappa shape index (κ1) is 40.0. The molecule has 5 aliphatic rings. The molecule has 1 spiro atoms. The summed E-state index contributed by atoms with van der Waals surface area (Å²) in [6, 6.07) is 86.4. The van der Waals surface area contributed by atoms with Gasteiger partial charge >= 0.3 is 0 Å². The standard InChI is InChI=1S/C68H45NO2/c1-4-19-44(20-5-1)45-35-37-48(38-36-45)69(49-39-40-53-52-27-10-14-29-55(52)67(60(53)43-49,46-21-6-2-7-22-46)47-23-8-3-9-24-47)61-33-18-34-62-65(61)71-66-63(70-62)42-41-59-64(66)54-28-13-17-32-58(54)68(59)56-30-15-11-25-50(56)51-26-12-16-31-57(51)68/h1-37,39-43,48H,38H2. The first-order chi connectivity index (χ1) is 35.2. The van der Waals surface area contributed by atoms with Crippen molar-refractivity contribution in [2.75, 3.05) is 4.90 Å². The predicted octanol–water partition coefficient (Wildman–Crippen LogP) is 16.8. The maximum absolute atomic E-state index is 7.59. The molecule has 1 aliphatic heterocycles. The van der Waals surface area contributed by atoms with Gasteiger partial charge in [0, 0.05) is 11.3 Å². The zero-order valence-electron chi connectivity index (χ0n) is 38.8. The van der Waals surface area contributed by atoms with Crippen LogP contribution in [0.5, 0.6) is 23.0 Å². The number of allylic oxidation sites excluding steroid dienone is 2. The summed E-state index contributed by atoms with van der Waals surface area (Å²) in [6.07, 6.45) is 7.83. The van der Waals surface area contributed by atoms with Crippen molar-refractivity contribution in [1.29, 1.82) is 0 Å². The smallest absolute Gasteiger partial charge is 0.193 e. The van der Waals surface area contributed by atoms with E-state index in [1.165, 1.54) is 77.9 Å². The van der Waals surface area contributed by atoms with E-state index in [9.17, 15) is 0 Å². The number of hydrogen-bond acceptors (Lipinski definition) is 3. The van der Waals surface area contributed by atoms with Crippen molar-refractivity contribution in [1.82, 2.24) is 0 Å². The van der Waals surface area contributed by atoms with Gasteiger partial charge in [-0.2, -0.15) is 0 Å². The van der Waals surface area contributed by atoms with E-state index in [4.69, 9.17) is 9.47 Å². The third kappa shape index (κ3) is 5.49. The SMILES string of the molecule is C1=CC(N(c2ccc3c(c2)C(c2ccccc2)(c2ccccc2)c2ccccc2-3)c2cccc3c2Oc2c(ccc4c2-c2ccccc2C42c4ccccc4-c4ccccc42)O3)CC=C1c1ccccc1. The lowest BCUT2D eigenvalue weighted by atomic mass is 9.67. The molecule has 1 heterocycles. The van der Waals surface area contributed by atoms with Crippen molar-refractivity contribution in [2.45, 2.75) is 23.3 Å². The minimum Gasteiger partial charge on any atom is -0.449 e. The zero-order chi connectivity index (χ0) is 46.7. The first-order valence-electron chi connectivity index (χ1n) is 24.8. The molecule has 3 nitrogen and oxygen atoms in total. The van der Waals surface area contributed by atoms with Crippen LogP contribution in [0.1, 0.15) is 56.5 Å². The number of para-hydroxylation sites is 1. The second-order valence-electron chi connectivity index (χ2n) is 19.3. The van der Waals surface area contributed by atoms with Crippen LogP contribution in [0, 0.1) is 0 Å². The lowest BCUT2D eigenvalue weighted by Gasteiger charge is -2.37. The van der Waals surface area contributed by atoms with Crippen molar-refractivity contribution < 1.29 is 9.47 Å². The van der Waals surface area contributed by atoms with Crippen LogP contribution in [0.15, 0.2) is 255 Å². The van der Waals surface area contributed by atoms with Crippen LogP contribution < -0.4 is 14.4 Å². The first-order valence-corrected chi connectivity index (χ1v) is 24.8. The fourth-order valence-corrected chi connectivity index (χ4v) is 13.1. The second kappa shape index (κ2) is 15.3. The molecule has 0 bridgehead atoms. The summed E-state index contributed by atoms with van der Waals surface area (Å²) < 4.78 is 14.7. The topological polar surface area (TPSA) is 21.7 Å². The van der Waals surface area contributed by atoms with E-state index in [0.717, 1.165) is 34.7 Å². The molecule has 1 atom stereocenters. The molecule has 1 unspecified atom stereocenters. The largest absolute Gasteiger partial charge is 0.449 e.